The first kappa shape index (κ1) is 10.3. The van der Waals surface area contributed by atoms with Crippen LogP contribution in [0.5, 0.6) is 0 Å². The Kier molecular flexibility index (Phi) is 2.02. The van der Waals surface area contributed by atoms with Gasteiger partial charge in [0, 0.05) is 17.0 Å². The van der Waals surface area contributed by atoms with Crippen LogP contribution in [0.25, 0.3) is 22.1 Å². The maximum Gasteiger partial charge on any atom is 0.227 e. The third kappa shape index (κ3) is 1.52. The van der Waals surface area contributed by atoms with Crippen LogP contribution in [-0.4, -0.2) is 4.98 Å². The number of hydrogen-bond acceptors (Lipinski definition) is 2. The highest BCUT2D eigenvalue weighted by atomic mass is 16.3. The average molecular weight is 225 g/mol. The number of fused-ring (bicyclic) bond motifs is 3. The van der Waals surface area contributed by atoms with Crippen molar-refractivity contribution < 1.29 is 4.42 Å². The molecular weight excluding hydrogens is 210 g/mol. The van der Waals surface area contributed by atoms with Gasteiger partial charge in [-0.25, -0.2) is 4.98 Å². The van der Waals surface area contributed by atoms with E-state index in [0.717, 1.165) is 16.7 Å². The molecule has 2 aromatic heterocycles. The normalized spacial score (nSPS) is 12.4. The fourth-order valence-corrected chi connectivity index (χ4v) is 2.29. The molecule has 0 spiro atoms. The van der Waals surface area contributed by atoms with Crippen molar-refractivity contribution in [2.75, 3.05) is 0 Å². The molecule has 0 saturated heterocycles. The third-order valence-corrected chi connectivity index (χ3v) is 3.08. The van der Waals surface area contributed by atoms with Crippen LogP contribution in [0.1, 0.15) is 26.3 Å². The topological polar surface area (TPSA) is 26.0 Å². The van der Waals surface area contributed by atoms with Gasteiger partial charge in [0.05, 0.1) is 0 Å². The van der Waals surface area contributed by atoms with E-state index in [1.807, 2.05) is 18.2 Å². The highest BCUT2D eigenvalue weighted by Crippen LogP contribution is 2.35. The maximum absolute atomic E-state index is 5.78. The molecule has 0 atom stereocenters. The van der Waals surface area contributed by atoms with Crippen molar-refractivity contribution in [2.24, 2.45) is 0 Å². The summed E-state index contributed by atoms with van der Waals surface area (Å²) in [5.41, 5.74) is 3.05. The lowest BCUT2D eigenvalue weighted by Crippen LogP contribution is -2.11. The van der Waals surface area contributed by atoms with Gasteiger partial charge in [0.15, 0.2) is 0 Å². The van der Waals surface area contributed by atoms with Crippen LogP contribution in [0.4, 0.5) is 0 Å². The zero-order valence-electron chi connectivity index (χ0n) is 10.3. The van der Waals surface area contributed by atoms with Crippen molar-refractivity contribution >= 4 is 22.1 Å². The van der Waals surface area contributed by atoms with Gasteiger partial charge in [-0.2, -0.15) is 0 Å². The monoisotopic (exact) mass is 225 g/mol. The van der Waals surface area contributed by atoms with Gasteiger partial charge >= 0.3 is 0 Å². The van der Waals surface area contributed by atoms with E-state index in [1.165, 1.54) is 10.9 Å². The lowest BCUT2D eigenvalue weighted by molar-refractivity contribution is 0.594. The van der Waals surface area contributed by atoms with Crippen molar-refractivity contribution in [3.63, 3.8) is 0 Å². The van der Waals surface area contributed by atoms with Gasteiger partial charge in [-0.3, -0.25) is 0 Å². The Labute approximate surface area is 100 Å². The van der Waals surface area contributed by atoms with E-state index in [9.17, 15) is 0 Å². The molecule has 0 aliphatic heterocycles. The molecule has 0 radical (unpaired) electrons. The average Bonchev–Trinajstić information content (AvgIpc) is 2.65. The number of rotatable bonds is 0. The Balaban J connectivity index is 2.52. The van der Waals surface area contributed by atoms with Crippen LogP contribution in [0.3, 0.4) is 0 Å². The molecule has 0 aliphatic carbocycles. The van der Waals surface area contributed by atoms with E-state index in [2.05, 4.69) is 37.9 Å². The fourth-order valence-electron chi connectivity index (χ4n) is 2.29. The number of benzene rings is 1. The summed E-state index contributed by atoms with van der Waals surface area (Å²) in [5, 5.41) is 2.30. The van der Waals surface area contributed by atoms with Crippen LogP contribution in [0, 0.1) is 0 Å². The van der Waals surface area contributed by atoms with Gasteiger partial charge in [-0.05, 0) is 29.2 Å². The molecule has 0 fully saturated rings. The predicted molar refractivity (Wildman–Crippen MR) is 70.2 cm³/mol. The molecule has 17 heavy (non-hydrogen) atoms. The number of furan rings is 1. The highest BCUT2D eigenvalue weighted by Gasteiger charge is 2.20. The van der Waals surface area contributed by atoms with Crippen molar-refractivity contribution in [3.8, 4) is 0 Å². The molecule has 1 aromatic carbocycles. The largest absolute Gasteiger partial charge is 0.438 e. The maximum atomic E-state index is 5.78. The van der Waals surface area contributed by atoms with Gasteiger partial charge in [-0.15, -0.1) is 0 Å². The summed E-state index contributed by atoms with van der Waals surface area (Å²) in [7, 11) is 0. The predicted octanol–water partition coefficient (Wildman–Crippen LogP) is 4.28. The fraction of sp³-hybridized carbons (Fsp3) is 0.267. The minimum Gasteiger partial charge on any atom is -0.438 e. The van der Waals surface area contributed by atoms with Gasteiger partial charge in [-0.1, -0.05) is 32.9 Å². The minimum absolute atomic E-state index is 0.103. The summed E-state index contributed by atoms with van der Waals surface area (Å²) in [5.74, 6) is 0. The summed E-state index contributed by atoms with van der Waals surface area (Å²) in [6, 6.07) is 10.3. The van der Waals surface area contributed by atoms with Gasteiger partial charge in [0.25, 0.3) is 0 Å². The Morgan fingerprint density at radius 1 is 1.06 bits per heavy atom. The third-order valence-electron chi connectivity index (χ3n) is 3.08. The highest BCUT2D eigenvalue weighted by molar-refractivity contribution is 6.05. The molecule has 0 bridgehead atoms. The molecule has 0 amide bonds. The van der Waals surface area contributed by atoms with Crippen LogP contribution in [0.2, 0.25) is 0 Å². The molecule has 86 valence electrons. The quantitative estimate of drug-likeness (QED) is 0.570. The van der Waals surface area contributed by atoms with Crippen molar-refractivity contribution in [2.45, 2.75) is 26.2 Å². The second-order valence-corrected chi connectivity index (χ2v) is 5.39. The first-order valence-electron chi connectivity index (χ1n) is 5.84. The summed E-state index contributed by atoms with van der Waals surface area (Å²) in [4.78, 5) is 4.27. The second-order valence-electron chi connectivity index (χ2n) is 5.39. The Morgan fingerprint density at radius 3 is 2.65 bits per heavy atom. The van der Waals surface area contributed by atoms with Crippen molar-refractivity contribution in [1.82, 2.24) is 4.98 Å². The molecular formula is C15H15NO. The number of hydrogen-bond donors (Lipinski definition) is 0. The Bertz CT molecular complexity index is 689. The van der Waals surface area contributed by atoms with Gasteiger partial charge in [0.2, 0.25) is 5.71 Å². The summed E-state index contributed by atoms with van der Waals surface area (Å²) < 4.78 is 5.78. The summed E-state index contributed by atoms with van der Waals surface area (Å²) in [6.45, 7) is 6.66. The first-order chi connectivity index (χ1) is 8.07. The first-order valence-corrected chi connectivity index (χ1v) is 5.84. The van der Waals surface area contributed by atoms with Crippen molar-refractivity contribution in [1.29, 1.82) is 0 Å². The SMILES string of the molecule is CC(C)(C)c1cccc2oc3ncccc3c12. The molecule has 0 unspecified atom stereocenters. The van der Waals surface area contributed by atoms with E-state index >= 15 is 0 Å². The van der Waals surface area contributed by atoms with Crippen LogP contribution < -0.4 is 0 Å². The minimum atomic E-state index is 0.103. The van der Waals surface area contributed by atoms with Crippen molar-refractivity contribution in [3.05, 3.63) is 42.1 Å². The summed E-state index contributed by atoms with van der Waals surface area (Å²) >= 11 is 0. The number of nitrogens with zero attached hydrogens (tertiary/aromatic N) is 1. The number of aromatic nitrogens is 1. The van der Waals surface area contributed by atoms with E-state index < -0.39 is 0 Å². The van der Waals surface area contributed by atoms with E-state index in [0.29, 0.717) is 0 Å². The zero-order chi connectivity index (χ0) is 12.0. The Hall–Kier alpha value is -1.83. The number of pyridine rings is 1. The van der Waals surface area contributed by atoms with Gasteiger partial charge in [0.1, 0.15) is 5.58 Å². The van der Waals surface area contributed by atoms with Crippen LogP contribution >= 0.6 is 0 Å². The Morgan fingerprint density at radius 2 is 1.88 bits per heavy atom. The lowest BCUT2D eigenvalue weighted by atomic mass is 9.84. The molecule has 2 heteroatoms. The molecule has 0 aliphatic rings. The molecule has 2 heterocycles. The van der Waals surface area contributed by atoms with Crippen LogP contribution in [0.15, 0.2) is 40.9 Å². The molecule has 0 saturated carbocycles. The molecule has 2 nitrogen and oxygen atoms in total. The molecule has 3 aromatic rings. The van der Waals surface area contributed by atoms with Crippen LogP contribution in [-0.2, 0) is 5.41 Å². The molecule has 3 rings (SSSR count). The van der Waals surface area contributed by atoms with Gasteiger partial charge < -0.3 is 4.42 Å². The second kappa shape index (κ2) is 3.33. The van der Waals surface area contributed by atoms with E-state index in [4.69, 9.17) is 4.42 Å². The summed E-state index contributed by atoms with van der Waals surface area (Å²) in [6.07, 6.45) is 1.77. The lowest BCUT2D eigenvalue weighted by Gasteiger charge is -2.19. The zero-order valence-corrected chi connectivity index (χ0v) is 10.3. The smallest absolute Gasteiger partial charge is 0.227 e. The molecule has 0 N–H and O–H groups in total. The van der Waals surface area contributed by atoms with E-state index in [-0.39, 0.29) is 5.41 Å². The standard InChI is InChI=1S/C15H15NO/c1-15(2,3)11-7-4-8-12-13(11)10-6-5-9-16-14(10)17-12/h4-9H,1-3H3. The van der Waals surface area contributed by atoms with E-state index in [1.54, 1.807) is 6.20 Å².